The minimum absolute atomic E-state index is 0.172. The lowest BCUT2D eigenvalue weighted by atomic mass is 9.99. The maximum Gasteiger partial charge on any atom is 0.115 e. The standard InChI is InChI=1S/C13H16N2O/c14-8-12-4-2-6-15(10-12)9-11-3-1-5-13(16)7-11/h1,3,5,7,12,16H,2,4,6,9-10H2. The van der Waals surface area contributed by atoms with E-state index in [4.69, 9.17) is 5.26 Å². The highest BCUT2D eigenvalue weighted by molar-refractivity contribution is 5.27. The van der Waals surface area contributed by atoms with E-state index in [0.717, 1.165) is 38.0 Å². The van der Waals surface area contributed by atoms with Crippen LogP contribution in [-0.4, -0.2) is 23.1 Å². The van der Waals surface area contributed by atoms with E-state index in [-0.39, 0.29) is 5.92 Å². The fourth-order valence-electron chi connectivity index (χ4n) is 2.22. The number of likely N-dealkylation sites (tertiary alicyclic amines) is 1. The van der Waals surface area contributed by atoms with Gasteiger partial charge in [0.15, 0.2) is 0 Å². The van der Waals surface area contributed by atoms with Crippen LogP contribution in [0.4, 0.5) is 0 Å². The van der Waals surface area contributed by atoms with Crippen molar-refractivity contribution in [1.82, 2.24) is 4.90 Å². The van der Waals surface area contributed by atoms with Gasteiger partial charge in [-0.1, -0.05) is 12.1 Å². The molecule has 1 aromatic rings. The summed E-state index contributed by atoms with van der Waals surface area (Å²) < 4.78 is 0. The number of phenols is 1. The SMILES string of the molecule is N#CC1CCCN(Cc2cccc(O)c2)C1. The van der Waals surface area contributed by atoms with Crippen molar-refractivity contribution in [3.05, 3.63) is 29.8 Å². The molecule has 1 N–H and O–H groups in total. The predicted molar refractivity (Wildman–Crippen MR) is 61.7 cm³/mol. The zero-order valence-electron chi connectivity index (χ0n) is 9.26. The van der Waals surface area contributed by atoms with Crippen LogP contribution >= 0.6 is 0 Å². The monoisotopic (exact) mass is 216 g/mol. The van der Waals surface area contributed by atoms with Gasteiger partial charge in [0.2, 0.25) is 0 Å². The second kappa shape index (κ2) is 5.00. The molecule has 0 aliphatic carbocycles. The van der Waals surface area contributed by atoms with Crippen molar-refractivity contribution in [2.24, 2.45) is 5.92 Å². The number of nitriles is 1. The first-order valence-electron chi connectivity index (χ1n) is 5.68. The second-order valence-corrected chi connectivity index (χ2v) is 4.37. The summed E-state index contributed by atoms with van der Waals surface area (Å²) in [4.78, 5) is 2.28. The van der Waals surface area contributed by atoms with Gasteiger partial charge in [-0.2, -0.15) is 5.26 Å². The van der Waals surface area contributed by atoms with Gasteiger partial charge >= 0.3 is 0 Å². The summed E-state index contributed by atoms with van der Waals surface area (Å²) in [5.74, 6) is 0.484. The van der Waals surface area contributed by atoms with Gasteiger partial charge in [0, 0.05) is 13.1 Å². The molecule has 2 rings (SSSR count). The van der Waals surface area contributed by atoms with Crippen molar-refractivity contribution >= 4 is 0 Å². The number of rotatable bonds is 2. The van der Waals surface area contributed by atoms with Crippen LogP contribution in [0.15, 0.2) is 24.3 Å². The van der Waals surface area contributed by atoms with Crippen LogP contribution in [0, 0.1) is 17.2 Å². The number of phenolic OH excluding ortho intramolecular Hbond substituents is 1. The zero-order valence-corrected chi connectivity index (χ0v) is 9.26. The Bertz CT molecular complexity index is 397. The largest absolute Gasteiger partial charge is 0.508 e. The lowest BCUT2D eigenvalue weighted by Crippen LogP contribution is -2.34. The number of benzene rings is 1. The van der Waals surface area contributed by atoms with Crippen LogP contribution < -0.4 is 0 Å². The average molecular weight is 216 g/mol. The highest BCUT2D eigenvalue weighted by atomic mass is 16.3. The minimum Gasteiger partial charge on any atom is -0.508 e. The molecule has 0 spiro atoms. The lowest BCUT2D eigenvalue weighted by molar-refractivity contribution is 0.192. The summed E-state index contributed by atoms with van der Waals surface area (Å²) in [6, 6.07) is 9.67. The first kappa shape index (κ1) is 11.0. The van der Waals surface area contributed by atoms with Crippen LogP contribution in [0.1, 0.15) is 18.4 Å². The maximum absolute atomic E-state index is 9.37. The molecule has 1 saturated heterocycles. The Hall–Kier alpha value is -1.53. The summed E-state index contributed by atoms with van der Waals surface area (Å²) >= 11 is 0. The normalized spacial score (nSPS) is 21.6. The summed E-state index contributed by atoms with van der Waals surface area (Å²) in [5.41, 5.74) is 1.11. The first-order valence-corrected chi connectivity index (χ1v) is 5.68. The molecule has 0 amide bonds. The molecule has 1 atom stereocenters. The van der Waals surface area contributed by atoms with Gasteiger partial charge < -0.3 is 5.11 Å². The number of hydrogen-bond donors (Lipinski definition) is 1. The number of hydrogen-bond acceptors (Lipinski definition) is 3. The second-order valence-electron chi connectivity index (χ2n) is 4.37. The highest BCUT2D eigenvalue weighted by Crippen LogP contribution is 2.19. The molecule has 3 nitrogen and oxygen atoms in total. The van der Waals surface area contributed by atoms with E-state index in [1.165, 1.54) is 0 Å². The average Bonchev–Trinajstić information content (AvgIpc) is 2.29. The molecular weight excluding hydrogens is 200 g/mol. The van der Waals surface area contributed by atoms with Gasteiger partial charge in [0.1, 0.15) is 5.75 Å². The summed E-state index contributed by atoms with van der Waals surface area (Å²) in [7, 11) is 0. The van der Waals surface area contributed by atoms with E-state index in [0.29, 0.717) is 5.75 Å². The van der Waals surface area contributed by atoms with E-state index >= 15 is 0 Å². The summed E-state index contributed by atoms with van der Waals surface area (Å²) in [6.07, 6.45) is 2.12. The summed E-state index contributed by atoms with van der Waals surface area (Å²) in [5, 5.41) is 18.3. The molecule has 0 radical (unpaired) electrons. The molecule has 1 aliphatic heterocycles. The Labute approximate surface area is 95.9 Å². The molecule has 1 aliphatic rings. The number of aromatic hydroxyl groups is 1. The van der Waals surface area contributed by atoms with Gasteiger partial charge in [-0.25, -0.2) is 0 Å². The van der Waals surface area contributed by atoms with Crippen LogP contribution in [0.25, 0.3) is 0 Å². The van der Waals surface area contributed by atoms with Gasteiger partial charge in [-0.3, -0.25) is 4.90 Å². The quantitative estimate of drug-likeness (QED) is 0.823. The van der Waals surface area contributed by atoms with E-state index in [1.54, 1.807) is 12.1 Å². The van der Waals surface area contributed by atoms with Gasteiger partial charge in [0.05, 0.1) is 12.0 Å². The Balaban J connectivity index is 1.97. The predicted octanol–water partition coefficient (Wildman–Crippen LogP) is 2.13. The Morgan fingerprint density at radius 3 is 3.12 bits per heavy atom. The van der Waals surface area contributed by atoms with Crippen molar-refractivity contribution < 1.29 is 5.11 Å². The van der Waals surface area contributed by atoms with Crippen LogP contribution in [0.5, 0.6) is 5.75 Å². The van der Waals surface area contributed by atoms with Gasteiger partial charge in [-0.15, -0.1) is 0 Å². The fourth-order valence-corrected chi connectivity index (χ4v) is 2.22. The van der Waals surface area contributed by atoms with Gasteiger partial charge in [-0.05, 0) is 37.1 Å². The lowest BCUT2D eigenvalue weighted by Gasteiger charge is -2.29. The molecule has 1 heterocycles. The van der Waals surface area contributed by atoms with Crippen molar-refractivity contribution in [3.63, 3.8) is 0 Å². The van der Waals surface area contributed by atoms with Crippen LogP contribution in [0.2, 0.25) is 0 Å². The molecular formula is C13H16N2O. The number of piperidine rings is 1. The molecule has 16 heavy (non-hydrogen) atoms. The van der Waals surface area contributed by atoms with E-state index in [9.17, 15) is 5.11 Å². The van der Waals surface area contributed by atoms with Crippen molar-refractivity contribution in [1.29, 1.82) is 5.26 Å². The van der Waals surface area contributed by atoms with E-state index in [1.807, 2.05) is 12.1 Å². The molecule has 84 valence electrons. The number of nitrogens with zero attached hydrogens (tertiary/aromatic N) is 2. The van der Waals surface area contributed by atoms with Crippen molar-refractivity contribution in [2.45, 2.75) is 19.4 Å². The van der Waals surface area contributed by atoms with E-state index < -0.39 is 0 Å². The highest BCUT2D eigenvalue weighted by Gasteiger charge is 2.19. The Morgan fingerprint density at radius 1 is 1.50 bits per heavy atom. The molecule has 0 aromatic heterocycles. The molecule has 1 aromatic carbocycles. The Kier molecular flexibility index (Phi) is 3.43. The fraction of sp³-hybridized carbons (Fsp3) is 0.462. The maximum atomic E-state index is 9.37. The molecule has 1 fully saturated rings. The topological polar surface area (TPSA) is 47.3 Å². The van der Waals surface area contributed by atoms with Crippen LogP contribution in [0.3, 0.4) is 0 Å². The molecule has 0 saturated carbocycles. The van der Waals surface area contributed by atoms with E-state index in [2.05, 4.69) is 11.0 Å². The minimum atomic E-state index is 0.172. The molecule has 3 heteroatoms. The Morgan fingerprint density at radius 2 is 2.38 bits per heavy atom. The van der Waals surface area contributed by atoms with Crippen molar-refractivity contribution in [3.8, 4) is 11.8 Å². The third-order valence-electron chi connectivity index (χ3n) is 3.00. The van der Waals surface area contributed by atoms with Crippen molar-refractivity contribution in [2.75, 3.05) is 13.1 Å². The third-order valence-corrected chi connectivity index (χ3v) is 3.00. The third kappa shape index (κ3) is 2.74. The van der Waals surface area contributed by atoms with Gasteiger partial charge in [0.25, 0.3) is 0 Å². The summed E-state index contributed by atoms with van der Waals surface area (Å²) in [6.45, 7) is 2.73. The zero-order chi connectivity index (χ0) is 11.4. The molecule has 1 unspecified atom stereocenters. The first-order chi connectivity index (χ1) is 7.78. The molecule has 0 bridgehead atoms. The smallest absolute Gasteiger partial charge is 0.115 e. The van der Waals surface area contributed by atoms with Crippen LogP contribution in [-0.2, 0) is 6.54 Å².